The average molecular weight is 449 g/mol. The highest BCUT2D eigenvalue weighted by molar-refractivity contribution is 6.31. The number of carbonyl (C=O) groups is 2. The van der Waals surface area contributed by atoms with E-state index < -0.39 is 6.04 Å². The average Bonchev–Trinajstić information content (AvgIpc) is 2.82. The molecule has 0 aliphatic heterocycles. The van der Waals surface area contributed by atoms with Crippen molar-refractivity contribution in [2.75, 3.05) is 6.54 Å². The van der Waals surface area contributed by atoms with Crippen LogP contribution in [-0.2, 0) is 16.1 Å². The van der Waals surface area contributed by atoms with E-state index in [1.165, 1.54) is 0 Å². The maximum Gasteiger partial charge on any atom is 0.242 e. The molecule has 2 amide bonds. The van der Waals surface area contributed by atoms with Crippen molar-refractivity contribution in [2.45, 2.75) is 38.8 Å². The summed E-state index contributed by atoms with van der Waals surface area (Å²) in [5, 5.41) is 3.41. The lowest BCUT2D eigenvalue weighted by Crippen LogP contribution is -2.47. The molecule has 1 N–H and O–H groups in total. The second-order valence-electron chi connectivity index (χ2n) is 7.76. The molecule has 32 heavy (non-hydrogen) atoms. The van der Waals surface area contributed by atoms with Crippen molar-refractivity contribution >= 4 is 23.4 Å². The van der Waals surface area contributed by atoms with Crippen molar-refractivity contribution in [2.24, 2.45) is 0 Å². The van der Waals surface area contributed by atoms with Crippen LogP contribution in [0.2, 0.25) is 5.02 Å². The summed E-state index contributed by atoms with van der Waals surface area (Å²) in [6.07, 6.45) is 0.252. The first-order valence-electron chi connectivity index (χ1n) is 10.9. The summed E-state index contributed by atoms with van der Waals surface area (Å²) in [5.41, 5.74) is 2.94. The number of likely N-dealkylation sites (N-methyl/N-ethyl adjacent to an activating group) is 1. The Morgan fingerprint density at radius 1 is 0.875 bits per heavy atom. The maximum atomic E-state index is 13.7. The third kappa shape index (κ3) is 5.98. The summed E-state index contributed by atoms with van der Waals surface area (Å²) >= 11 is 6.38. The lowest BCUT2D eigenvalue weighted by Gasteiger charge is -2.30. The van der Waals surface area contributed by atoms with Crippen molar-refractivity contribution in [3.63, 3.8) is 0 Å². The molecule has 1 unspecified atom stereocenters. The molecule has 0 bridgehead atoms. The molecule has 0 saturated carbocycles. The van der Waals surface area contributed by atoms with E-state index in [0.717, 1.165) is 16.7 Å². The van der Waals surface area contributed by atoms with E-state index in [1.54, 1.807) is 17.9 Å². The fraction of sp³-hybridized carbons (Fsp3) is 0.259. The van der Waals surface area contributed by atoms with Gasteiger partial charge in [0.2, 0.25) is 11.8 Å². The smallest absolute Gasteiger partial charge is 0.242 e. The van der Waals surface area contributed by atoms with Crippen molar-refractivity contribution in [3.8, 4) is 0 Å². The highest BCUT2D eigenvalue weighted by Crippen LogP contribution is 2.29. The molecule has 0 saturated heterocycles. The molecule has 166 valence electrons. The number of hydrogen-bond donors (Lipinski definition) is 1. The summed E-state index contributed by atoms with van der Waals surface area (Å²) in [7, 11) is 0. The van der Waals surface area contributed by atoms with E-state index >= 15 is 0 Å². The van der Waals surface area contributed by atoms with E-state index in [1.807, 2.05) is 85.8 Å². The number of amides is 2. The Labute approximate surface area is 195 Å². The van der Waals surface area contributed by atoms with Gasteiger partial charge in [0.15, 0.2) is 0 Å². The third-order valence-corrected chi connectivity index (χ3v) is 5.97. The molecule has 0 aliphatic rings. The molecule has 0 spiro atoms. The molecule has 0 fully saturated rings. The molecule has 0 heterocycles. The van der Waals surface area contributed by atoms with Crippen LogP contribution in [0.1, 0.15) is 42.9 Å². The Balaban J connectivity index is 1.92. The second kappa shape index (κ2) is 11.5. The summed E-state index contributed by atoms with van der Waals surface area (Å²) in [6, 6.07) is 26.8. The van der Waals surface area contributed by atoms with Crippen LogP contribution in [0.15, 0.2) is 84.9 Å². The number of nitrogens with zero attached hydrogens (tertiary/aromatic N) is 1. The predicted octanol–water partition coefficient (Wildman–Crippen LogP) is 5.42. The van der Waals surface area contributed by atoms with E-state index in [0.29, 0.717) is 11.6 Å². The third-order valence-electron chi connectivity index (χ3n) is 5.60. The Bertz CT molecular complexity index is 985. The fourth-order valence-electron chi connectivity index (χ4n) is 3.81. The van der Waals surface area contributed by atoms with Gasteiger partial charge in [0.1, 0.15) is 6.04 Å². The molecule has 5 heteroatoms. The quantitative estimate of drug-likeness (QED) is 0.475. The number of hydrogen-bond acceptors (Lipinski definition) is 2. The number of halogens is 1. The number of benzene rings is 3. The zero-order valence-corrected chi connectivity index (χ0v) is 19.3. The molecule has 3 rings (SSSR count). The largest absolute Gasteiger partial charge is 0.355 e. The molecule has 3 aromatic carbocycles. The lowest BCUT2D eigenvalue weighted by atomic mass is 9.88. The van der Waals surface area contributed by atoms with Gasteiger partial charge in [0.25, 0.3) is 0 Å². The Hall–Kier alpha value is -3.11. The van der Waals surface area contributed by atoms with Crippen LogP contribution in [0.3, 0.4) is 0 Å². The first kappa shape index (κ1) is 23.6. The van der Waals surface area contributed by atoms with Gasteiger partial charge in [0, 0.05) is 30.5 Å². The van der Waals surface area contributed by atoms with E-state index in [2.05, 4.69) is 5.32 Å². The SMILES string of the molecule is CCNC(=O)C(C)N(Cc1ccccc1Cl)C(=O)CC(c1ccccc1)c1ccccc1. The summed E-state index contributed by atoms with van der Waals surface area (Å²) in [6.45, 7) is 4.41. The zero-order valence-electron chi connectivity index (χ0n) is 18.5. The predicted molar refractivity (Wildman–Crippen MR) is 129 cm³/mol. The van der Waals surface area contributed by atoms with Crippen LogP contribution >= 0.6 is 11.6 Å². The molecule has 3 aromatic rings. The van der Waals surface area contributed by atoms with Crippen LogP contribution in [0.4, 0.5) is 0 Å². The minimum absolute atomic E-state index is 0.0959. The van der Waals surface area contributed by atoms with Gasteiger partial charge in [-0.1, -0.05) is 90.5 Å². The fourth-order valence-corrected chi connectivity index (χ4v) is 4.00. The van der Waals surface area contributed by atoms with Gasteiger partial charge in [-0.05, 0) is 36.6 Å². The molecular formula is C27H29ClN2O2. The van der Waals surface area contributed by atoms with Gasteiger partial charge in [-0.2, -0.15) is 0 Å². The van der Waals surface area contributed by atoms with Crippen molar-refractivity contribution in [1.82, 2.24) is 10.2 Å². The van der Waals surface area contributed by atoms with Crippen LogP contribution in [-0.4, -0.2) is 29.3 Å². The molecule has 0 radical (unpaired) electrons. The van der Waals surface area contributed by atoms with Gasteiger partial charge >= 0.3 is 0 Å². The standard InChI is InChI=1S/C27H29ClN2O2/c1-3-29-27(32)20(2)30(19-23-16-10-11-17-25(23)28)26(31)18-24(21-12-6-4-7-13-21)22-14-8-5-9-15-22/h4-17,20,24H,3,18-19H2,1-2H3,(H,29,32). The normalized spacial score (nSPS) is 11.8. The minimum atomic E-state index is -0.620. The van der Waals surface area contributed by atoms with Crippen LogP contribution in [0, 0.1) is 0 Å². The first-order valence-corrected chi connectivity index (χ1v) is 11.3. The maximum absolute atomic E-state index is 13.7. The summed E-state index contributed by atoms with van der Waals surface area (Å²) < 4.78 is 0. The number of carbonyl (C=O) groups excluding carboxylic acids is 2. The highest BCUT2D eigenvalue weighted by Gasteiger charge is 2.29. The van der Waals surface area contributed by atoms with Crippen molar-refractivity contribution in [1.29, 1.82) is 0 Å². The van der Waals surface area contributed by atoms with Gasteiger partial charge in [-0.15, -0.1) is 0 Å². The van der Waals surface area contributed by atoms with Crippen LogP contribution in [0.5, 0.6) is 0 Å². The Morgan fingerprint density at radius 2 is 1.41 bits per heavy atom. The molecule has 0 aromatic heterocycles. The number of rotatable bonds is 9. The summed E-state index contributed by atoms with van der Waals surface area (Å²) in [4.78, 5) is 28.0. The van der Waals surface area contributed by atoms with E-state index in [-0.39, 0.29) is 30.7 Å². The molecule has 4 nitrogen and oxygen atoms in total. The van der Waals surface area contributed by atoms with Crippen molar-refractivity contribution < 1.29 is 9.59 Å². The minimum Gasteiger partial charge on any atom is -0.355 e. The van der Waals surface area contributed by atoms with Crippen LogP contribution in [0.25, 0.3) is 0 Å². The Kier molecular flexibility index (Phi) is 8.46. The molecule has 1 atom stereocenters. The number of nitrogens with one attached hydrogen (secondary N) is 1. The van der Waals surface area contributed by atoms with Gasteiger partial charge < -0.3 is 10.2 Å². The van der Waals surface area contributed by atoms with Gasteiger partial charge in [-0.3, -0.25) is 9.59 Å². The molecule has 0 aliphatic carbocycles. The zero-order chi connectivity index (χ0) is 22.9. The molecular weight excluding hydrogens is 420 g/mol. The van der Waals surface area contributed by atoms with E-state index in [9.17, 15) is 9.59 Å². The first-order chi connectivity index (χ1) is 15.5. The summed E-state index contributed by atoms with van der Waals surface area (Å²) in [5.74, 6) is -0.384. The second-order valence-corrected chi connectivity index (χ2v) is 8.17. The van der Waals surface area contributed by atoms with Crippen molar-refractivity contribution in [3.05, 3.63) is 107 Å². The topological polar surface area (TPSA) is 49.4 Å². The lowest BCUT2D eigenvalue weighted by molar-refractivity contribution is -0.140. The van der Waals surface area contributed by atoms with E-state index in [4.69, 9.17) is 11.6 Å². The van der Waals surface area contributed by atoms with Gasteiger partial charge in [-0.25, -0.2) is 0 Å². The van der Waals surface area contributed by atoms with Gasteiger partial charge in [0.05, 0.1) is 0 Å². The monoisotopic (exact) mass is 448 g/mol. The highest BCUT2D eigenvalue weighted by atomic mass is 35.5. The van der Waals surface area contributed by atoms with Crippen LogP contribution < -0.4 is 5.32 Å². The Morgan fingerprint density at radius 3 is 1.94 bits per heavy atom.